The Morgan fingerprint density at radius 3 is 2.65 bits per heavy atom. The summed E-state index contributed by atoms with van der Waals surface area (Å²) in [6, 6.07) is 18.7. The van der Waals surface area contributed by atoms with Gasteiger partial charge in [0.05, 0.1) is 6.61 Å². The van der Waals surface area contributed by atoms with E-state index < -0.39 is 0 Å². The quantitative estimate of drug-likeness (QED) is 0.806. The lowest BCUT2D eigenvalue weighted by Crippen LogP contribution is -2.09. The van der Waals surface area contributed by atoms with Crippen molar-refractivity contribution in [2.24, 2.45) is 0 Å². The van der Waals surface area contributed by atoms with Crippen molar-refractivity contribution in [3.8, 4) is 5.75 Å². The molecule has 0 bridgehead atoms. The molecule has 0 amide bonds. The number of rotatable bonds is 3. The van der Waals surface area contributed by atoms with E-state index in [-0.39, 0.29) is 0 Å². The van der Waals surface area contributed by atoms with Crippen molar-refractivity contribution in [1.29, 1.82) is 0 Å². The molecule has 0 spiro atoms. The molecule has 3 rings (SSSR count). The highest BCUT2D eigenvalue weighted by Crippen LogP contribution is 2.39. The zero-order chi connectivity index (χ0) is 11.5. The van der Waals surface area contributed by atoms with Crippen molar-refractivity contribution in [2.45, 2.75) is 10.8 Å². The molecule has 1 aliphatic heterocycles. The van der Waals surface area contributed by atoms with Gasteiger partial charge >= 0.3 is 0 Å². The van der Waals surface area contributed by atoms with E-state index in [1.54, 1.807) is 0 Å². The van der Waals surface area contributed by atoms with Crippen LogP contribution in [0.5, 0.6) is 5.75 Å². The van der Waals surface area contributed by atoms with Gasteiger partial charge in [0, 0.05) is 16.6 Å². The topological polar surface area (TPSA) is 9.23 Å². The molecule has 0 aliphatic carbocycles. The van der Waals surface area contributed by atoms with Crippen molar-refractivity contribution >= 4 is 11.8 Å². The molecular weight excluding hydrogens is 228 g/mol. The van der Waals surface area contributed by atoms with Crippen molar-refractivity contribution in [2.75, 3.05) is 12.4 Å². The van der Waals surface area contributed by atoms with Crippen molar-refractivity contribution < 1.29 is 4.74 Å². The smallest absolute Gasteiger partial charge is 0.119 e. The Bertz CT molecular complexity index is 495. The summed E-state index contributed by atoms with van der Waals surface area (Å²) in [6.45, 7) is 0.772. The molecule has 0 fully saturated rings. The Kier molecular flexibility index (Phi) is 3.06. The number of para-hydroxylation sites is 1. The summed E-state index contributed by atoms with van der Waals surface area (Å²) in [4.78, 5) is 1.41. The van der Waals surface area contributed by atoms with Crippen LogP contribution in [0.1, 0.15) is 11.5 Å². The number of fused-ring (bicyclic) bond motifs is 1. The summed E-state index contributed by atoms with van der Waals surface area (Å²) >= 11 is 1.93. The van der Waals surface area contributed by atoms with Crippen LogP contribution in [-0.4, -0.2) is 12.4 Å². The molecule has 17 heavy (non-hydrogen) atoms. The second-order valence-electron chi connectivity index (χ2n) is 4.17. The van der Waals surface area contributed by atoms with Gasteiger partial charge in [0.2, 0.25) is 0 Å². The van der Waals surface area contributed by atoms with E-state index in [1.807, 2.05) is 42.1 Å². The minimum absolute atomic E-state index is 0.524. The second kappa shape index (κ2) is 4.84. The van der Waals surface area contributed by atoms with E-state index >= 15 is 0 Å². The fraction of sp³-hybridized carbons (Fsp3) is 0.200. The number of hydrogen-bond donors (Lipinski definition) is 0. The van der Waals surface area contributed by atoms with Crippen LogP contribution in [0.3, 0.4) is 0 Å². The summed E-state index contributed by atoms with van der Waals surface area (Å²) in [5.74, 6) is 2.62. The highest BCUT2D eigenvalue weighted by atomic mass is 32.2. The molecule has 0 aromatic heterocycles. The SMILES string of the molecule is c1ccc(OCC2CSc3ccccc32)cc1. The van der Waals surface area contributed by atoms with Crippen LogP contribution in [-0.2, 0) is 0 Å². The van der Waals surface area contributed by atoms with Gasteiger partial charge in [-0.1, -0.05) is 36.4 Å². The minimum atomic E-state index is 0.524. The van der Waals surface area contributed by atoms with Gasteiger partial charge in [-0.25, -0.2) is 0 Å². The first-order chi connectivity index (χ1) is 8.43. The lowest BCUT2D eigenvalue weighted by molar-refractivity contribution is 0.298. The van der Waals surface area contributed by atoms with Gasteiger partial charge < -0.3 is 4.74 Å². The fourth-order valence-electron chi connectivity index (χ4n) is 2.08. The second-order valence-corrected chi connectivity index (χ2v) is 5.23. The molecule has 1 atom stereocenters. The first-order valence-corrected chi connectivity index (χ1v) is 6.81. The van der Waals surface area contributed by atoms with Crippen LogP contribution in [0.2, 0.25) is 0 Å². The first kappa shape index (κ1) is 10.7. The predicted octanol–water partition coefficient (Wildman–Crippen LogP) is 3.95. The Morgan fingerprint density at radius 2 is 1.76 bits per heavy atom. The van der Waals surface area contributed by atoms with E-state index in [2.05, 4.69) is 24.3 Å². The van der Waals surface area contributed by atoms with E-state index in [0.29, 0.717) is 5.92 Å². The molecule has 0 radical (unpaired) electrons. The summed E-state index contributed by atoms with van der Waals surface area (Å²) in [7, 11) is 0. The van der Waals surface area contributed by atoms with Gasteiger partial charge in [0.15, 0.2) is 0 Å². The van der Waals surface area contributed by atoms with E-state index in [0.717, 1.165) is 18.1 Å². The molecule has 2 aromatic rings. The zero-order valence-electron chi connectivity index (χ0n) is 9.50. The third-order valence-corrected chi connectivity index (χ3v) is 4.25. The van der Waals surface area contributed by atoms with E-state index in [9.17, 15) is 0 Å². The molecule has 0 N–H and O–H groups in total. The molecule has 0 saturated heterocycles. The first-order valence-electron chi connectivity index (χ1n) is 5.83. The molecule has 1 nitrogen and oxygen atoms in total. The Labute approximate surface area is 106 Å². The van der Waals surface area contributed by atoms with Gasteiger partial charge in [-0.3, -0.25) is 0 Å². The van der Waals surface area contributed by atoms with Gasteiger partial charge in [-0.2, -0.15) is 0 Å². The van der Waals surface area contributed by atoms with Crippen LogP contribution in [0.25, 0.3) is 0 Å². The van der Waals surface area contributed by atoms with Crippen LogP contribution in [0, 0.1) is 0 Å². The van der Waals surface area contributed by atoms with Crippen LogP contribution < -0.4 is 4.74 Å². The van der Waals surface area contributed by atoms with Crippen LogP contribution >= 0.6 is 11.8 Å². The molecule has 1 unspecified atom stereocenters. The third-order valence-electron chi connectivity index (χ3n) is 2.99. The monoisotopic (exact) mass is 242 g/mol. The maximum absolute atomic E-state index is 5.83. The number of hydrogen-bond acceptors (Lipinski definition) is 2. The summed E-state index contributed by atoms with van der Waals surface area (Å²) in [5, 5.41) is 0. The molecule has 0 saturated carbocycles. The summed E-state index contributed by atoms with van der Waals surface area (Å²) < 4.78 is 5.83. The van der Waals surface area contributed by atoms with Gasteiger partial charge in [0.25, 0.3) is 0 Å². The Hall–Kier alpha value is -1.41. The Morgan fingerprint density at radius 1 is 1.00 bits per heavy atom. The fourth-order valence-corrected chi connectivity index (χ4v) is 3.31. The molecule has 2 heteroatoms. The maximum atomic E-state index is 5.83. The molecular formula is C15H14OS. The van der Waals surface area contributed by atoms with Crippen molar-refractivity contribution in [1.82, 2.24) is 0 Å². The standard InChI is InChI=1S/C15H14OS/c1-2-6-13(7-3-1)16-10-12-11-17-15-9-5-4-8-14(12)15/h1-9,12H,10-11H2. The van der Waals surface area contributed by atoms with Crippen molar-refractivity contribution in [3.05, 3.63) is 60.2 Å². The van der Waals surface area contributed by atoms with Gasteiger partial charge in [0.1, 0.15) is 5.75 Å². The molecule has 2 aromatic carbocycles. The van der Waals surface area contributed by atoms with E-state index in [4.69, 9.17) is 4.74 Å². The molecule has 86 valence electrons. The summed E-state index contributed by atoms with van der Waals surface area (Å²) in [5.41, 5.74) is 1.44. The largest absolute Gasteiger partial charge is 0.493 e. The van der Waals surface area contributed by atoms with Gasteiger partial charge in [-0.05, 0) is 23.8 Å². The van der Waals surface area contributed by atoms with Crippen LogP contribution in [0.15, 0.2) is 59.5 Å². The summed E-state index contributed by atoms with van der Waals surface area (Å²) in [6.07, 6.45) is 0. The molecule has 1 heterocycles. The van der Waals surface area contributed by atoms with Gasteiger partial charge in [-0.15, -0.1) is 11.8 Å². The lowest BCUT2D eigenvalue weighted by atomic mass is 10.0. The average molecular weight is 242 g/mol. The third kappa shape index (κ3) is 2.32. The normalized spacial score (nSPS) is 17.8. The van der Waals surface area contributed by atoms with Crippen LogP contribution in [0.4, 0.5) is 0 Å². The average Bonchev–Trinajstić information content (AvgIpc) is 2.81. The predicted molar refractivity (Wildman–Crippen MR) is 71.8 cm³/mol. The lowest BCUT2D eigenvalue weighted by Gasteiger charge is -2.12. The number of thioether (sulfide) groups is 1. The number of benzene rings is 2. The zero-order valence-corrected chi connectivity index (χ0v) is 10.3. The highest BCUT2D eigenvalue weighted by Gasteiger charge is 2.22. The highest BCUT2D eigenvalue weighted by molar-refractivity contribution is 7.99. The Balaban J connectivity index is 1.68. The van der Waals surface area contributed by atoms with Crippen molar-refractivity contribution in [3.63, 3.8) is 0 Å². The maximum Gasteiger partial charge on any atom is 0.119 e. The molecule has 1 aliphatic rings. The number of ether oxygens (including phenoxy) is 1. The minimum Gasteiger partial charge on any atom is -0.493 e. The van der Waals surface area contributed by atoms with E-state index in [1.165, 1.54) is 10.5 Å².